The molecule has 180 valence electrons. The molecule has 11 nitrogen and oxygen atoms in total. The molecule has 4 atom stereocenters. The average Bonchev–Trinajstić information content (AvgIpc) is 3.17. The summed E-state index contributed by atoms with van der Waals surface area (Å²) < 4.78 is 0. The first-order valence-corrected chi connectivity index (χ1v) is 10.6. The lowest BCUT2D eigenvalue weighted by atomic mass is 10.0. The van der Waals surface area contributed by atoms with E-state index in [1.54, 1.807) is 20.0 Å². The van der Waals surface area contributed by atoms with Crippen LogP contribution in [-0.2, 0) is 25.6 Å². The van der Waals surface area contributed by atoms with Crippen LogP contribution in [0.4, 0.5) is 0 Å². The fourth-order valence-electron chi connectivity index (χ4n) is 3.25. The maximum atomic E-state index is 12.8. The van der Waals surface area contributed by atoms with E-state index in [-0.39, 0.29) is 12.3 Å². The fourth-order valence-corrected chi connectivity index (χ4v) is 3.25. The van der Waals surface area contributed by atoms with Gasteiger partial charge in [-0.3, -0.25) is 14.4 Å². The molecule has 0 fully saturated rings. The Balaban J connectivity index is 2.02. The van der Waals surface area contributed by atoms with E-state index in [9.17, 15) is 29.4 Å². The molecule has 3 amide bonds. The van der Waals surface area contributed by atoms with Crippen LogP contribution >= 0.6 is 0 Å². The fraction of sp³-hybridized carbons (Fsp3) is 0.455. The molecular weight excluding hydrogens is 430 g/mol. The van der Waals surface area contributed by atoms with Crippen LogP contribution in [-0.4, -0.2) is 69.7 Å². The summed E-state index contributed by atoms with van der Waals surface area (Å²) in [5.74, 6) is -3.58. The minimum atomic E-state index is -1.21. The van der Waals surface area contributed by atoms with Crippen molar-refractivity contribution in [1.29, 1.82) is 0 Å². The number of rotatable bonds is 11. The van der Waals surface area contributed by atoms with E-state index in [0.29, 0.717) is 0 Å². The lowest BCUT2D eigenvalue weighted by Crippen LogP contribution is -2.56. The molecular formula is C22H31N5O6. The summed E-state index contributed by atoms with van der Waals surface area (Å²) in [4.78, 5) is 51.7. The third-order valence-corrected chi connectivity index (χ3v) is 5.22. The highest BCUT2D eigenvalue weighted by molar-refractivity contribution is 5.93. The first-order valence-electron chi connectivity index (χ1n) is 10.6. The number of aliphatic hydroxyl groups excluding tert-OH is 1. The largest absolute Gasteiger partial charge is 0.480 e. The molecule has 0 aliphatic carbocycles. The van der Waals surface area contributed by atoms with E-state index in [0.717, 1.165) is 16.5 Å². The van der Waals surface area contributed by atoms with Gasteiger partial charge in [-0.15, -0.1) is 0 Å². The lowest BCUT2D eigenvalue weighted by Gasteiger charge is -2.24. The van der Waals surface area contributed by atoms with Crippen LogP contribution < -0.4 is 21.7 Å². The summed E-state index contributed by atoms with van der Waals surface area (Å²) >= 11 is 0. The Morgan fingerprint density at radius 3 is 2.33 bits per heavy atom. The topological polar surface area (TPSA) is 187 Å². The summed E-state index contributed by atoms with van der Waals surface area (Å²) in [7, 11) is 0. The molecule has 4 unspecified atom stereocenters. The maximum Gasteiger partial charge on any atom is 0.326 e. The van der Waals surface area contributed by atoms with Crippen LogP contribution in [0.15, 0.2) is 30.5 Å². The second-order valence-corrected chi connectivity index (χ2v) is 8.24. The Kier molecular flexibility index (Phi) is 8.94. The number of aromatic nitrogens is 1. The van der Waals surface area contributed by atoms with Gasteiger partial charge in [-0.25, -0.2) is 4.79 Å². The second kappa shape index (κ2) is 11.4. The lowest BCUT2D eigenvalue weighted by molar-refractivity contribution is -0.142. The van der Waals surface area contributed by atoms with E-state index in [2.05, 4.69) is 20.9 Å². The van der Waals surface area contributed by atoms with Gasteiger partial charge in [0.1, 0.15) is 18.1 Å². The predicted molar refractivity (Wildman–Crippen MR) is 121 cm³/mol. The minimum Gasteiger partial charge on any atom is -0.480 e. The van der Waals surface area contributed by atoms with Gasteiger partial charge in [-0.1, -0.05) is 32.0 Å². The number of carboxylic acid groups (broad SMARTS) is 1. The van der Waals surface area contributed by atoms with Crippen molar-refractivity contribution in [3.8, 4) is 0 Å². The first-order chi connectivity index (χ1) is 15.5. The Morgan fingerprint density at radius 2 is 1.73 bits per heavy atom. The van der Waals surface area contributed by atoms with Crippen molar-refractivity contribution in [3.63, 3.8) is 0 Å². The van der Waals surface area contributed by atoms with Crippen molar-refractivity contribution in [2.45, 2.75) is 51.4 Å². The summed E-state index contributed by atoms with van der Waals surface area (Å²) in [6.45, 7) is 4.29. The number of amides is 3. The molecule has 0 radical (unpaired) electrons. The number of hydrogen-bond acceptors (Lipinski definition) is 6. The number of para-hydroxylation sites is 1. The van der Waals surface area contributed by atoms with Crippen LogP contribution in [0.25, 0.3) is 10.9 Å². The molecule has 11 heteroatoms. The number of aliphatic carboxylic acids is 1. The Labute approximate surface area is 191 Å². The molecule has 33 heavy (non-hydrogen) atoms. The molecule has 0 saturated heterocycles. The molecule has 8 N–H and O–H groups in total. The monoisotopic (exact) mass is 461 g/mol. The van der Waals surface area contributed by atoms with Crippen molar-refractivity contribution in [2.75, 3.05) is 6.54 Å². The maximum absolute atomic E-state index is 12.8. The van der Waals surface area contributed by atoms with Crippen LogP contribution in [0, 0.1) is 5.92 Å². The van der Waals surface area contributed by atoms with Gasteiger partial charge in [0.2, 0.25) is 17.7 Å². The van der Waals surface area contributed by atoms with Crippen LogP contribution in [0.5, 0.6) is 0 Å². The zero-order valence-electron chi connectivity index (χ0n) is 18.8. The highest BCUT2D eigenvalue weighted by Gasteiger charge is 2.29. The van der Waals surface area contributed by atoms with E-state index < -0.39 is 54.5 Å². The molecule has 0 bridgehead atoms. The van der Waals surface area contributed by atoms with Crippen molar-refractivity contribution in [1.82, 2.24) is 20.9 Å². The van der Waals surface area contributed by atoms with Gasteiger partial charge in [0.05, 0.1) is 12.6 Å². The molecule has 0 spiro atoms. The molecule has 1 aromatic heterocycles. The molecule has 2 rings (SSSR count). The van der Waals surface area contributed by atoms with Crippen molar-refractivity contribution in [2.24, 2.45) is 11.7 Å². The number of carbonyl (C=O) groups is 4. The highest BCUT2D eigenvalue weighted by Crippen LogP contribution is 2.19. The van der Waals surface area contributed by atoms with Crippen molar-refractivity contribution < 1.29 is 29.4 Å². The normalized spacial score (nSPS) is 14.8. The number of benzene rings is 1. The number of carbonyl (C=O) groups excluding carboxylic acids is 3. The van der Waals surface area contributed by atoms with E-state index in [1.165, 1.54) is 6.92 Å². The molecule has 1 heterocycles. The average molecular weight is 462 g/mol. The van der Waals surface area contributed by atoms with Gasteiger partial charge in [-0.2, -0.15) is 0 Å². The van der Waals surface area contributed by atoms with Gasteiger partial charge in [0.15, 0.2) is 0 Å². The van der Waals surface area contributed by atoms with Crippen LogP contribution in [0.1, 0.15) is 26.3 Å². The van der Waals surface area contributed by atoms with E-state index >= 15 is 0 Å². The molecule has 0 aliphatic rings. The summed E-state index contributed by atoms with van der Waals surface area (Å²) in [6.07, 6.45) is 0.666. The number of fused-ring (bicyclic) bond motifs is 1. The number of hydrogen-bond donors (Lipinski definition) is 7. The Bertz CT molecular complexity index is 1000. The smallest absolute Gasteiger partial charge is 0.326 e. The van der Waals surface area contributed by atoms with Gasteiger partial charge >= 0.3 is 5.97 Å². The number of H-pyrrole nitrogens is 1. The summed E-state index contributed by atoms with van der Waals surface area (Å²) in [5, 5.41) is 27.1. The first kappa shape index (κ1) is 25.8. The quantitative estimate of drug-likeness (QED) is 0.229. The molecule has 1 aromatic carbocycles. The summed E-state index contributed by atoms with van der Waals surface area (Å²) in [5.41, 5.74) is 7.09. The number of nitrogens with one attached hydrogen (secondary N) is 4. The number of aromatic amines is 1. The SMILES string of the molecule is CC(C)C(NC(=O)CNC(=O)C(N)C(C)O)C(=O)NC(Cc1c[nH]c2ccccc12)C(=O)O. The van der Waals surface area contributed by atoms with Crippen molar-refractivity contribution >= 4 is 34.6 Å². The van der Waals surface area contributed by atoms with E-state index in [1.807, 2.05) is 24.3 Å². The van der Waals surface area contributed by atoms with Gasteiger partial charge in [0, 0.05) is 23.5 Å². The second-order valence-electron chi connectivity index (χ2n) is 8.24. The molecule has 0 aliphatic heterocycles. The molecule has 2 aromatic rings. The Morgan fingerprint density at radius 1 is 1.06 bits per heavy atom. The Hall–Kier alpha value is -3.44. The zero-order valence-corrected chi connectivity index (χ0v) is 18.8. The molecule has 0 saturated carbocycles. The highest BCUT2D eigenvalue weighted by atomic mass is 16.4. The third kappa shape index (κ3) is 7.02. The number of carboxylic acids is 1. The van der Waals surface area contributed by atoms with Crippen molar-refractivity contribution in [3.05, 3.63) is 36.0 Å². The predicted octanol–water partition coefficient (Wildman–Crippen LogP) is -0.755. The summed E-state index contributed by atoms with van der Waals surface area (Å²) in [6, 6.07) is 3.99. The van der Waals surface area contributed by atoms with Gasteiger partial charge < -0.3 is 36.9 Å². The van der Waals surface area contributed by atoms with E-state index in [4.69, 9.17) is 5.73 Å². The van der Waals surface area contributed by atoms with Crippen LogP contribution in [0.3, 0.4) is 0 Å². The third-order valence-electron chi connectivity index (χ3n) is 5.22. The number of nitrogens with two attached hydrogens (primary N) is 1. The van der Waals surface area contributed by atoms with Gasteiger partial charge in [0.25, 0.3) is 0 Å². The number of aliphatic hydroxyl groups is 1. The standard InChI is InChI=1S/C22H31N5O6/c1-11(2)19(27-17(29)10-25-20(30)18(23)12(3)28)21(31)26-16(22(32)33)8-13-9-24-15-7-5-4-6-14(13)15/h4-7,9,11-12,16,18-19,24,28H,8,10,23H2,1-3H3,(H,25,30)(H,26,31)(H,27,29)(H,32,33). The zero-order chi connectivity index (χ0) is 24.7. The van der Waals surface area contributed by atoms with Gasteiger partial charge in [-0.05, 0) is 24.5 Å². The minimum absolute atomic E-state index is 0.0527. The van der Waals surface area contributed by atoms with Crippen LogP contribution in [0.2, 0.25) is 0 Å².